The van der Waals surface area contributed by atoms with E-state index >= 15 is 0 Å². The van der Waals surface area contributed by atoms with Crippen molar-refractivity contribution in [3.05, 3.63) is 36.4 Å². The summed E-state index contributed by atoms with van der Waals surface area (Å²) in [5, 5.41) is 11.3. The van der Waals surface area contributed by atoms with Crippen molar-refractivity contribution in [1.82, 2.24) is 39.5 Å². The van der Waals surface area contributed by atoms with Crippen LogP contribution in [0.15, 0.2) is 30.9 Å². The van der Waals surface area contributed by atoms with Gasteiger partial charge in [-0.3, -0.25) is 10.00 Å². The van der Waals surface area contributed by atoms with Crippen molar-refractivity contribution < 1.29 is 9.53 Å². The number of pyridine rings is 1. The molecule has 194 valence electrons. The van der Waals surface area contributed by atoms with Crippen molar-refractivity contribution >= 4 is 34.4 Å². The van der Waals surface area contributed by atoms with E-state index in [4.69, 9.17) is 9.72 Å². The Morgan fingerprint density at radius 1 is 1.24 bits per heavy atom. The third-order valence-corrected chi connectivity index (χ3v) is 6.85. The first kappa shape index (κ1) is 24.5. The van der Waals surface area contributed by atoms with E-state index in [0.29, 0.717) is 23.3 Å². The molecule has 0 saturated carbocycles. The van der Waals surface area contributed by atoms with Gasteiger partial charge in [-0.25, -0.2) is 19.7 Å². The van der Waals surface area contributed by atoms with Crippen LogP contribution in [0.1, 0.15) is 18.4 Å². The number of aryl methyl sites for hydroxylation is 2. The van der Waals surface area contributed by atoms with Gasteiger partial charge in [0.25, 0.3) is 5.88 Å². The number of urea groups is 1. The lowest BCUT2D eigenvalue weighted by Crippen LogP contribution is -2.46. The molecule has 0 aliphatic carbocycles. The number of fused-ring (bicyclic) bond motifs is 1. The van der Waals surface area contributed by atoms with Crippen molar-refractivity contribution in [2.45, 2.75) is 25.8 Å². The molecule has 3 N–H and O–H groups in total. The summed E-state index contributed by atoms with van der Waals surface area (Å²) in [5.74, 6) is 1.36. The topological polar surface area (TPSA) is 129 Å². The Morgan fingerprint density at radius 3 is 2.78 bits per heavy atom. The van der Waals surface area contributed by atoms with Gasteiger partial charge in [0.1, 0.15) is 5.69 Å². The van der Waals surface area contributed by atoms with E-state index in [9.17, 15) is 4.79 Å². The summed E-state index contributed by atoms with van der Waals surface area (Å²) in [6.45, 7) is 3.93. The SMILES string of the molecule is COc1nn(C)cc1Nc1ncc(C)c(-c2c[nH]c3c(NC(=O)N(C)C4CCN(C)CC4)nccc23)n1. The number of anilines is 3. The number of carbonyl (C=O) groups excluding carboxylic acids is 1. The summed E-state index contributed by atoms with van der Waals surface area (Å²) < 4.78 is 6.98. The quantitative estimate of drug-likeness (QED) is 0.365. The lowest BCUT2D eigenvalue weighted by atomic mass is 10.0. The number of aromatic amines is 1. The second-order valence-corrected chi connectivity index (χ2v) is 9.44. The number of amides is 2. The summed E-state index contributed by atoms with van der Waals surface area (Å²) in [6, 6.07) is 1.96. The number of aromatic nitrogens is 6. The molecule has 12 nitrogen and oxygen atoms in total. The van der Waals surface area contributed by atoms with Gasteiger partial charge in [-0.05, 0) is 51.5 Å². The minimum absolute atomic E-state index is 0.166. The van der Waals surface area contributed by atoms with Crippen LogP contribution in [-0.4, -0.2) is 85.9 Å². The number of ether oxygens (including phenoxy) is 1. The lowest BCUT2D eigenvalue weighted by molar-refractivity contribution is 0.156. The molecular formula is C25H32N10O2. The Morgan fingerprint density at radius 2 is 2.03 bits per heavy atom. The van der Waals surface area contributed by atoms with Gasteiger partial charge in [0.05, 0.1) is 24.5 Å². The normalized spacial score (nSPS) is 14.6. The van der Waals surface area contributed by atoms with Gasteiger partial charge in [-0.1, -0.05) is 0 Å². The van der Waals surface area contributed by atoms with Crippen molar-refractivity contribution in [1.29, 1.82) is 0 Å². The molecule has 0 spiro atoms. The van der Waals surface area contributed by atoms with Crippen LogP contribution in [0.5, 0.6) is 5.88 Å². The van der Waals surface area contributed by atoms with Gasteiger partial charge >= 0.3 is 6.03 Å². The number of carbonyl (C=O) groups is 1. The summed E-state index contributed by atoms with van der Waals surface area (Å²) in [7, 11) is 7.34. The van der Waals surface area contributed by atoms with Crippen molar-refractivity contribution in [2.75, 3.05) is 44.9 Å². The monoisotopic (exact) mass is 504 g/mol. The summed E-state index contributed by atoms with van der Waals surface area (Å²) >= 11 is 0. The first-order valence-electron chi connectivity index (χ1n) is 12.2. The van der Waals surface area contributed by atoms with Gasteiger partial charge in [0.2, 0.25) is 5.95 Å². The molecule has 0 radical (unpaired) electrons. The molecule has 1 saturated heterocycles. The molecule has 1 fully saturated rings. The molecule has 12 heteroatoms. The first-order chi connectivity index (χ1) is 17.8. The van der Waals surface area contributed by atoms with Gasteiger partial charge < -0.3 is 24.8 Å². The van der Waals surface area contributed by atoms with Crippen molar-refractivity contribution in [2.24, 2.45) is 7.05 Å². The van der Waals surface area contributed by atoms with E-state index in [1.807, 2.05) is 33.3 Å². The Hall–Kier alpha value is -4.19. The Bertz CT molecular complexity index is 1420. The molecule has 4 aromatic heterocycles. The van der Waals surface area contributed by atoms with Crippen LogP contribution < -0.4 is 15.4 Å². The van der Waals surface area contributed by atoms with Crippen LogP contribution >= 0.6 is 0 Å². The van der Waals surface area contributed by atoms with E-state index in [1.54, 1.807) is 35.3 Å². The average Bonchev–Trinajstić information content (AvgIpc) is 3.48. The average molecular weight is 505 g/mol. The summed E-state index contributed by atoms with van der Waals surface area (Å²) in [6.07, 6.45) is 9.06. The smallest absolute Gasteiger partial charge is 0.323 e. The number of hydrogen-bond acceptors (Lipinski definition) is 8. The van der Waals surface area contributed by atoms with E-state index in [2.05, 4.69) is 42.6 Å². The minimum atomic E-state index is -0.166. The molecule has 0 atom stereocenters. The number of piperidine rings is 1. The van der Waals surface area contributed by atoms with Gasteiger partial charge in [-0.2, -0.15) is 0 Å². The second kappa shape index (κ2) is 10.1. The molecule has 5 heterocycles. The molecule has 1 aliphatic rings. The lowest BCUT2D eigenvalue weighted by Gasteiger charge is -2.34. The number of methoxy groups -OCH3 is 1. The molecule has 0 bridgehead atoms. The minimum Gasteiger partial charge on any atom is -0.478 e. The van der Waals surface area contributed by atoms with Crippen molar-refractivity contribution in [3.63, 3.8) is 0 Å². The number of nitrogens with zero attached hydrogens (tertiary/aromatic N) is 7. The molecule has 4 aromatic rings. The fourth-order valence-electron chi connectivity index (χ4n) is 4.68. The van der Waals surface area contributed by atoms with Crippen molar-refractivity contribution in [3.8, 4) is 17.1 Å². The van der Waals surface area contributed by atoms with E-state index in [0.717, 1.165) is 53.7 Å². The fourth-order valence-corrected chi connectivity index (χ4v) is 4.68. The molecule has 0 unspecified atom stereocenters. The number of hydrogen-bond donors (Lipinski definition) is 3. The summed E-state index contributed by atoms with van der Waals surface area (Å²) in [4.78, 5) is 34.1. The van der Waals surface area contributed by atoms with Gasteiger partial charge in [0, 0.05) is 49.7 Å². The predicted molar refractivity (Wildman–Crippen MR) is 142 cm³/mol. The Kier molecular flexibility index (Phi) is 6.66. The zero-order valence-corrected chi connectivity index (χ0v) is 21.7. The number of rotatable bonds is 6. The van der Waals surface area contributed by atoms with Crippen LogP contribution in [0, 0.1) is 6.92 Å². The summed E-state index contributed by atoms with van der Waals surface area (Å²) in [5.41, 5.74) is 3.97. The molecule has 0 aromatic carbocycles. The van der Waals surface area contributed by atoms with Crippen LogP contribution in [0.3, 0.4) is 0 Å². The highest BCUT2D eigenvalue weighted by atomic mass is 16.5. The number of H-pyrrole nitrogens is 1. The second-order valence-electron chi connectivity index (χ2n) is 9.44. The molecule has 2 amide bonds. The van der Waals surface area contributed by atoms with Crippen LogP contribution in [0.4, 0.5) is 22.2 Å². The van der Waals surface area contributed by atoms with E-state index < -0.39 is 0 Å². The molecule has 1 aliphatic heterocycles. The van der Waals surface area contributed by atoms with E-state index in [-0.39, 0.29) is 12.1 Å². The molecule has 5 rings (SSSR count). The van der Waals surface area contributed by atoms with Crippen LogP contribution in [0.2, 0.25) is 0 Å². The van der Waals surface area contributed by atoms with Crippen LogP contribution in [-0.2, 0) is 7.05 Å². The standard InChI is InChI=1S/C25H32N10O2/c1-15-12-28-24(29-19-14-34(3)32-23(19)37-5)30-20(15)18-13-27-21-17(18)6-9-26-22(21)31-25(36)35(4)16-7-10-33(2)11-8-16/h6,9,12-14,16,27H,7-8,10-11H2,1-5H3,(H,26,31,36)(H,28,29,30). The molecule has 37 heavy (non-hydrogen) atoms. The Labute approximate surface area is 215 Å². The maximum Gasteiger partial charge on any atom is 0.323 e. The van der Waals surface area contributed by atoms with E-state index in [1.165, 1.54) is 0 Å². The maximum atomic E-state index is 13.0. The van der Waals surface area contributed by atoms with Crippen LogP contribution in [0.25, 0.3) is 22.2 Å². The highest BCUT2D eigenvalue weighted by Gasteiger charge is 2.25. The number of nitrogens with one attached hydrogen (secondary N) is 3. The molecular weight excluding hydrogens is 472 g/mol. The maximum absolute atomic E-state index is 13.0. The number of likely N-dealkylation sites (tertiary alicyclic amines) is 1. The third-order valence-electron chi connectivity index (χ3n) is 6.85. The largest absolute Gasteiger partial charge is 0.478 e. The predicted octanol–water partition coefficient (Wildman–Crippen LogP) is 3.37. The third kappa shape index (κ3) is 4.92. The van der Waals surface area contributed by atoms with Gasteiger partial charge in [-0.15, -0.1) is 5.10 Å². The Balaban J connectivity index is 1.40. The highest BCUT2D eigenvalue weighted by Crippen LogP contribution is 2.33. The first-order valence-corrected chi connectivity index (χ1v) is 12.2. The zero-order valence-electron chi connectivity index (χ0n) is 21.7. The van der Waals surface area contributed by atoms with Gasteiger partial charge in [0.15, 0.2) is 5.82 Å². The zero-order chi connectivity index (χ0) is 26.1. The fraction of sp³-hybridized carbons (Fsp3) is 0.400. The highest BCUT2D eigenvalue weighted by molar-refractivity contribution is 6.04.